The fourth-order valence-electron chi connectivity index (χ4n) is 4.08. The van der Waals surface area contributed by atoms with Crippen molar-refractivity contribution in [1.82, 2.24) is 0 Å². The quantitative estimate of drug-likeness (QED) is 0.159. The van der Waals surface area contributed by atoms with Gasteiger partial charge in [0.2, 0.25) is 0 Å². The Morgan fingerprint density at radius 3 is 2.45 bits per heavy atom. The van der Waals surface area contributed by atoms with E-state index in [1.54, 1.807) is 6.07 Å². The zero-order valence-corrected chi connectivity index (χ0v) is 19.6. The molecule has 4 rings (SSSR count). The lowest BCUT2D eigenvalue weighted by atomic mass is 9.89. The molecule has 1 aliphatic rings. The topological polar surface area (TPSA) is 12.4 Å². The minimum Gasteiger partial charge on any atom is -0.205 e. The molecule has 1 aliphatic carbocycles. The second-order valence-electron chi connectivity index (χ2n) is 8.36. The predicted octanol–water partition coefficient (Wildman–Crippen LogP) is 8.34. The molecule has 0 saturated carbocycles. The highest BCUT2D eigenvalue weighted by Crippen LogP contribution is 2.31. The number of fused-ring (bicyclic) bond motifs is 1. The van der Waals surface area contributed by atoms with Crippen molar-refractivity contribution in [2.24, 2.45) is 4.99 Å². The lowest BCUT2D eigenvalue weighted by Gasteiger charge is -2.15. The molecule has 0 radical (unpaired) electrons. The van der Waals surface area contributed by atoms with Gasteiger partial charge in [0.05, 0.1) is 5.16 Å². The predicted molar refractivity (Wildman–Crippen MR) is 139 cm³/mol. The number of unbranched alkanes of at least 4 members (excludes halogenated alkanes) is 2. The van der Waals surface area contributed by atoms with Crippen molar-refractivity contribution in [2.75, 3.05) is 0 Å². The second-order valence-corrected chi connectivity index (χ2v) is 8.54. The molecule has 3 aromatic rings. The third kappa shape index (κ3) is 5.93. The van der Waals surface area contributed by atoms with Gasteiger partial charge in [0.25, 0.3) is 0 Å². The molecular weight excluding hydrogens is 425 g/mol. The fraction of sp³-hybridized carbons (Fsp3) is 0.233. The van der Waals surface area contributed by atoms with Crippen molar-refractivity contribution in [3.05, 3.63) is 94.3 Å². The molecule has 0 N–H and O–H groups in total. The van der Waals surface area contributed by atoms with Gasteiger partial charge in [0.15, 0.2) is 0 Å². The summed E-state index contributed by atoms with van der Waals surface area (Å²) in [6.45, 7) is 2.23. The fourth-order valence-corrected chi connectivity index (χ4v) is 4.18. The van der Waals surface area contributed by atoms with Crippen molar-refractivity contribution < 1.29 is 4.39 Å². The van der Waals surface area contributed by atoms with E-state index in [4.69, 9.17) is 0 Å². The Kier molecular flexibility index (Phi) is 7.63. The molecule has 33 heavy (non-hydrogen) atoms. The Morgan fingerprint density at radius 1 is 0.909 bits per heavy atom. The van der Waals surface area contributed by atoms with Crippen molar-refractivity contribution >= 4 is 29.1 Å². The number of halogens is 1. The number of hydrogen-bond acceptors (Lipinski definition) is 2. The maximum Gasteiger partial charge on any atom is 0.150 e. The van der Waals surface area contributed by atoms with Crippen LogP contribution in [-0.4, -0.2) is 5.16 Å². The third-order valence-electron chi connectivity index (χ3n) is 5.97. The molecule has 0 unspecified atom stereocenters. The zero-order valence-electron chi connectivity index (χ0n) is 18.8. The Bertz CT molecular complexity index is 1290. The largest absolute Gasteiger partial charge is 0.205 e. The lowest BCUT2D eigenvalue weighted by molar-refractivity contribution is 0.630. The van der Waals surface area contributed by atoms with E-state index in [9.17, 15) is 4.39 Å². The summed E-state index contributed by atoms with van der Waals surface area (Å²) in [7, 11) is 0. The summed E-state index contributed by atoms with van der Waals surface area (Å²) in [5, 5.41) is 2.21. The SMILES string of the molecule is CCCCCc1ccc(C#CC2=Cc3ccc(-c4ccc(N=C=S)c(F)c4)cc3CC2)cc1. The van der Waals surface area contributed by atoms with E-state index in [1.165, 1.54) is 42.0 Å². The molecule has 0 heterocycles. The highest BCUT2D eigenvalue weighted by Gasteiger charge is 2.12. The summed E-state index contributed by atoms with van der Waals surface area (Å²) in [6, 6.07) is 19.9. The van der Waals surface area contributed by atoms with Crippen molar-refractivity contribution in [2.45, 2.75) is 45.4 Å². The van der Waals surface area contributed by atoms with Gasteiger partial charge in [-0.25, -0.2) is 4.39 Å². The van der Waals surface area contributed by atoms with Crippen LogP contribution in [0.5, 0.6) is 0 Å². The summed E-state index contributed by atoms with van der Waals surface area (Å²) in [5.74, 6) is 6.28. The van der Waals surface area contributed by atoms with Gasteiger partial charge in [0, 0.05) is 11.1 Å². The number of allylic oxidation sites excluding steroid dienone is 1. The molecule has 0 aliphatic heterocycles. The van der Waals surface area contributed by atoms with Crippen LogP contribution in [0.3, 0.4) is 0 Å². The Morgan fingerprint density at radius 2 is 1.70 bits per heavy atom. The van der Waals surface area contributed by atoms with Gasteiger partial charge < -0.3 is 0 Å². The zero-order chi connectivity index (χ0) is 23.0. The molecule has 0 atom stereocenters. The summed E-state index contributed by atoms with van der Waals surface area (Å²) in [6.07, 6.45) is 8.93. The number of benzene rings is 3. The average Bonchev–Trinajstić information content (AvgIpc) is 2.84. The van der Waals surface area contributed by atoms with Crippen LogP contribution in [0.4, 0.5) is 10.1 Å². The van der Waals surface area contributed by atoms with E-state index in [-0.39, 0.29) is 5.69 Å². The van der Waals surface area contributed by atoms with Crippen molar-refractivity contribution in [1.29, 1.82) is 0 Å². The number of aryl methyl sites for hydroxylation is 2. The molecular formula is C30H26FNS. The summed E-state index contributed by atoms with van der Waals surface area (Å²) in [4.78, 5) is 3.75. The van der Waals surface area contributed by atoms with Crippen LogP contribution in [0.25, 0.3) is 17.2 Å². The van der Waals surface area contributed by atoms with Crippen LogP contribution in [0.2, 0.25) is 0 Å². The molecule has 164 valence electrons. The highest BCUT2D eigenvalue weighted by atomic mass is 32.1. The number of nitrogens with zero attached hydrogens (tertiary/aromatic N) is 1. The first-order chi connectivity index (χ1) is 16.2. The van der Waals surface area contributed by atoms with Gasteiger partial charge in [-0.1, -0.05) is 68.0 Å². The summed E-state index contributed by atoms with van der Waals surface area (Å²) < 4.78 is 14.2. The van der Waals surface area contributed by atoms with Crippen LogP contribution in [0.15, 0.2) is 71.2 Å². The van der Waals surface area contributed by atoms with E-state index in [1.807, 2.05) is 12.1 Å². The maximum atomic E-state index is 14.2. The van der Waals surface area contributed by atoms with Gasteiger partial charge in [-0.05, 0) is 96.1 Å². The van der Waals surface area contributed by atoms with Crippen molar-refractivity contribution in [3.8, 4) is 23.0 Å². The molecule has 0 amide bonds. The van der Waals surface area contributed by atoms with Crippen LogP contribution in [0, 0.1) is 17.7 Å². The van der Waals surface area contributed by atoms with Crippen LogP contribution >= 0.6 is 12.2 Å². The van der Waals surface area contributed by atoms with Crippen LogP contribution < -0.4 is 0 Å². The minimum absolute atomic E-state index is 0.212. The molecule has 0 aromatic heterocycles. The molecule has 1 nitrogen and oxygen atoms in total. The van der Waals surface area contributed by atoms with Crippen molar-refractivity contribution in [3.63, 3.8) is 0 Å². The summed E-state index contributed by atoms with van der Waals surface area (Å²) in [5.41, 5.74) is 8.06. The van der Waals surface area contributed by atoms with Gasteiger partial charge >= 0.3 is 0 Å². The van der Waals surface area contributed by atoms with Gasteiger partial charge in [-0.15, -0.1) is 0 Å². The molecule has 0 spiro atoms. The normalized spacial score (nSPS) is 12.1. The third-order valence-corrected chi connectivity index (χ3v) is 6.07. The van der Waals surface area contributed by atoms with Crippen LogP contribution in [-0.2, 0) is 12.8 Å². The van der Waals surface area contributed by atoms with E-state index in [0.717, 1.165) is 41.5 Å². The lowest BCUT2D eigenvalue weighted by Crippen LogP contribution is -1.99. The molecule has 0 saturated heterocycles. The molecule has 3 heteroatoms. The average molecular weight is 452 g/mol. The Balaban J connectivity index is 1.48. The summed E-state index contributed by atoms with van der Waals surface area (Å²) >= 11 is 4.57. The van der Waals surface area contributed by atoms with E-state index in [2.05, 4.69) is 83.6 Å². The smallest absolute Gasteiger partial charge is 0.150 e. The molecule has 3 aromatic carbocycles. The first-order valence-electron chi connectivity index (χ1n) is 11.5. The number of rotatable bonds is 6. The van der Waals surface area contributed by atoms with Gasteiger partial charge in [0.1, 0.15) is 11.5 Å². The standard InChI is InChI=1S/C30H26FNS/c1-2-3-4-5-22-6-8-23(9-7-22)10-11-24-12-13-26-19-27(15-14-25(26)18-24)28-16-17-30(32-21-33)29(31)20-28/h6-9,14-20H,2-5,12-13H2,1H3. The minimum atomic E-state index is -0.394. The number of thiocarbonyl (C=S) groups is 1. The van der Waals surface area contributed by atoms with Crippen LogP contribution in [0.1, 0.15) is 54.9 Å². The maximum absolute atomic E-state index is 14.2. The first-order valence-corrected chi connectivity index (χ1v) is 11.9. The number of aliphatic imine (C=N–C) groups is 1. The van der Waals surface area contributed by atoms with Gasteiger partial charge in [-0.2, -0.15) is 4.99 Å². The first kappa shape index (κ1) is 22.9. The number of isothiocyanates is 1. The van der Waals surface area contributed by atoms with E-state index < -0.39 is 5.82 Å². The number of hydrogen-bond donors (Lipinski definition) is 0. The Hall–Kier alpha value is -3.31. The van der Waals surface area contributed by atoms with Gasteiger partial charge in [-0.3, -0.25) is 0 Å². The van der Waals surface area contributed by atoms with E-state index >= 15 is 0 Å². The highest BCUT2D eigenvalue weighted by molar-refractivity contribution is 7.78. The van der Waals surface area contributed by atoms with E-state index in [0.29, 0.717) is 0 Å². The second kappa shape index (κ2) is 11.0. The monoisotopic (exact) mass is 451 g/mol. The Labute approximate surface area is 201 Å². The molecule has 0 fully saturated rings. The molecule has 0 bridgehead atoms.